The summed E-state index contributed by atoms with van der Waals surface area (Å²) in [5.74, 6) is -0.367. The van der Waals surface area contributed by atoms with Crippen molar-refractivity contribution in [1.82, 2.24) is 10.3 Å². The Morgan fingerprint density at radius 2 is 1.87 bits per heavy atom. The lowest BCUT2D eigenvalue weighted by Gasteiger charge is -2.20. The molecule has 1 heterocycles. The van der Waals surface area contributed by atoms with Gasteiger partial charge in [-0.1, -0.05) is 12.1 Å². The number of hydrogen-bond acceptors (Lipinski definition) is 4. The van der Waals surface area contributed by atoms with E-state index < -0.39 is 10.0 Å². The summed E-state index contributed by atoms with van der Waals surface area (Å²) in [5, 5.41) is 3.36. The Hall–Kier alpha value is -1.99. The van der Waals surface area contributed by atoms with Crippen molar-refractivity contribution in [2.75, 3.05) is 11.0 Å². The fraction of sp³-hybridized carbons (Fsp3) is 0.312. The molecule has 0 spiro atoms. The first kappa shape index (κ1) is 17.4. The van der Waals surface area contributed by atoms with Gasteiger partial charge >= 0.3 is 0 Å². The van der Waals surface area contributed by atoms with Gasteiger partial charge < -0.3 is 5.32 Å². The van der Waals surface area contributed by atoms with Crippen LogP contribution in [0, 0.1) is 5.82 Å². The van der Waals surface area contributed by atoms with Crippen LogP contribution in [0.4, 0.5) is 10.1 Å². The molecule has 0 aliphatic carbocycles. The van der Waals surface area contributed by atoms with Gasteiger partial charge in [0.1, 0.15) is 5.82 Å². The lowest BCUT2D eigenvalue weighted by molar-refractivity contribution is 0.484. The topological polar surface area (TPSA) is 71.1 Å². The van der Waals surface area contributed by atoms with E-state index >= 15 is 0 Å². The van der Waals surface area contributed by atoms with Crippen LogP contribution in [0.1, 0.15) is 37.2 Å². The summed E-state index contributed by atoms with van der Waals surface area (Å²) in [7, 11) is -3.31. The summed E-state index contributed by atoms with van der Waals surface area (Å²) in [6.45, 7) is 3.91. The van der Waals surface area contributed by atoms with Crippen molar-refractivity contribution >= 4 is 15.7 Å². The van der Waals surface area contributed by atoms with E-state index in [1.165, 1.54) is 12.3 Å². The van der Waals surface area contributed by atoms with E-state index in [9.17, 15) is 12.8 Å². The Kier molecular flexibility index (Phi) is 5.33. The van der Waals surface area contributed by atoms with Crippen LogP contribution in [-0.4, -0.2) is 19.7 Å². The smallest absolute Gasteiger partial charge is 0.229 e. The quantitative estimate of drug-likeness (QED) is 0.850. The monoisotopic (exact) mass is 337 g/mol. The number of pyridine rings is 1. The fourth-order valence-corrected chi connectivity index (χ4v) is 2.84. The molecule has 2 aromatic rings. The second-order valence-corrected chi connectivity index (χ2v) is 7.26. The molecule has 0 aliphatic heterocycles. The van der Waals surface area contributed by atoms with Gasteiger partial charge in [0.05, 0.1) is 18.1 Å². The first-order valence-corrected chi connectivity index (χ1v) is 9.09. The molecule has 0 unspecified atom stereocenters. The number of benzene rings is 1. The second-order valence-electron chi connectivity index (χ2n) is 5.51. The summed E-state index contributed by atoms with van der Waals surface area (Å²) < 4.78 is 38.0. The Labute approximate surface area is 136 Å². The average molecular weight is 337 g/mol. The molecule has 2 rings (SSSR count). The number of aromatic nitrogens is 1. The minimum absolute atomic E-state index is 0.0295. The number of rotatable bonds is 6. The van der Waals surface area contributed by atoms with Gasteiger partial charge in [-0.3, -0.25) is 9.71 Å². The Morgan fingerprint density at radius 1 is 1.13 bits per heavy atom. The van der Waals surface area contributed by atoms with Gasteiger partial charge in [0.15, 0.2) is 0 Å². The number of nitrogens with one attached hydrogen (secondary N) is 2. The minimum Gasteiger partial charge on any atom is -0.302 e. The number of hydrogen-bond donors (Lipinski definition) is 2. The first-order chi connectivity index (χ1) is 10.7. The largest absolute Gasteiger partial charge is 0.302 e. The van der Waals surface area contributed by atoms with E-state index in [4.69, 9.17) is 0 Å². The van der Waals surface area contributed by atoms with E-state index in [1.807, 2.05) is 19.9 Å². The number of sulfonamides is 1. The molecule has 7 heteroatoms. The standard InChI is InChI=1S/C16H20FN3O2S/c1-11(19-12(2)16-8-7-14(17)10-18-16)13-5-4-6-15(9-13)20-23(3,21)22/h4-12,19-20H,1-3H3/t11-,12+/m0/s1. The number of anilines is 1. The lowest BCUT2D eigenvalue weighted by atomic mass is 10.1. The third-order valence-electron chi connectivity index (χ3n) is 3.38. The zero-order chi connectivity index (χ0) is 17.0. The van der Waals surface area contributed by atoms with E-state index in [2.05, 4.69) is 15.0 Å². The van der Waals surface area contributed by atoms with Crippen molar-refractivity contribution in [3.05, 3.63) is 59.7 Å². The molecular formula is C16H20FN3O2S. The summed E-state index contributed by atoms with van der Waals surface area (Å²) in [6, 6.07) is 10.1. The Bertz CT molecular complexity index is 763. The highest BCUT2D eigenvalue weighted by Crippen LogP contribution is 2.21. The molecule has 124 valence electrons. The minimum atomic E-state index is -3.31. The SMILES string of the molecule is C[C@H](N[C@H](C)c1ccc(F)cn1)c1cccc(NS(C)(=O)=O)c1. The molecule has 0 fully saturated rings. The highest BCUT2D eigenvalue weighted by atomic mass is 32.2. The lowest BCUT2D eigenvalue weighted by Crippen LogP contribution is -2.23. The van der Waals surface area contributed by atoms with E-state index in [0.29, 0.717) is 5.69 Å². The predicted molar refractivity (Wildman–Crippen MR) is 89.1 cm³/mol. The van der Waals surface area contributed by atoms with Crippen molar-refractivity contribution < 1.29 is 12.8 Å². The van der Waals surface area contributed by atoms with E-state index in [1.54, 1.807) is 24.3 Å². The van der Waals surface area contributed by atoms with Crippen LogP contribution in [0.2, 0.25) is 0 Å². The molecule has 2 atom stereocenters. The molecule has 5 nitrogen and oxygen atoms in total. The summed E-state index contributed by atoms with van der Waals surface area (Å²) in [4.78, 5) is 4.06. The molecule has 2 N–H and O–H groups in total. The van der Waals surface area contributed by atoms with Crippen LogP contribution in [0.5, 0.6) is 0 Å². The van der Waals surface area contributed by atoms with Crippen LogP contribution in [0.15, 0.2) is 42.6 Å². The maximum absolute atomic E-state index is 12.9. The molecule has 0 bridgehead atoms. The fourth-order valence-electron chi connectivity index (χ4n) is 2.29. The Morgan fingerprint density at radius 3 is 2.48 bits per heavy atom. The van der Waals surface area contributed by atoms with Gasteiger partial charge in [-0.05, 0) is 43.7 Å². The molecule has 0 aliphatic rings. The summed E-state index contributed by atoms with van der Waals surface area (Å²) >= 11 is 0. The summed E-state index contributed by atoms with van der Waals surface area (Å²) in [5.41, 5.74) is 2.20. The summed E-state index contributed by atoms with van der Waals surface area (Å²) in [6.07, 6.45) is 2.30. The van der Waals surface area contributed by atoms with Crippen LogP contribution >= 0.6 is 0 Å². The van der Waals surface area contributed by atoms with Crippen LogP contribution < -0.4 is 10.0 Å². The zero-order valence-corrected chi connectivity index (χ0v) is 14.1. The van der Waals surface area contributed by atoms with Crippen molar-refractivity contribution in [2.45, 2.75) is 25.9 Å². The van der Waals surface area contributed by atoms with E-state index in [-0.39, 0.29) is 17.9 Å². The third-order valence-corrected chi connectivity index (χ3v) is 3.99. The molecule has 1 aromatic carbocycles. The van der Waals surface area contributed by atoms with Gasteiger partial charge in [0.25, 0.3) is 0 Å². The predicted octanol–water partition coefficient (Wildman–Crippen LogP) is 3.00. The van der Waals surface area contributed by atoms with Crippen molar-refractivity contribution in [2.24, 2.45) is 0 Å². The number of nitrogens with zero attached hydrogens (tertiary/aromatic N) is 1. The Balaban J connectivity index is 2.09. The van der Waals surface area contributed by atoms with Gasteiger partial charge in [0, 0.05) is 17.8 Å². The van der Waals surface area contributed by atoms with E-state index in [0.717, 1.165) is 17.5 Å². The van der Waals surface area contributed by atoms with Crippen LogP contribution in [0.25, 0.3) is 0 Å². The highest BCUT2D eigenvalue weighted by Gasteiger charge is 2.13. The van der Waals surface area contributed by atoms with Gasteiger partial charge in [0.2, 0.25) is 10.0 Å². The normalized spacial score (nSPS) is 14.3. The molecule has 0 radical (unpaired) electrons. The molecule has 1 aromatic heterocycles. The second kappa shape index (κ2) is 7.06. The molecule has 0 amide bonds. The first-order valence-electron chi connectivity index (χ1n) is 7.20. The van der Waals surface area contributed by atoms with Gasteiger partial charge in [-0.15, -0.1) is 0 Å². The van der Waals surface area contributed by atoms with Crippen molar-refractivity contribution in [1.29, 1.82) is 0 Å². The van der Waals surface area contributed by atoms with Crippen molar-refractivity contribution in [3.63, 3.8) is 0 Å². The highest BCUT2D eigenvalue weighted by molar-refractivity contribution is 7.92. The third kappa shape index (κ3) is 5.30. The van der Waals surface area contributed by atoms with Gasteiger partial charge in [-0.2, -0.15) is 0 Å². The van der Waals surface area contributed by atoms with Gasteiger partial charge in [-0.25, -0.2) is 12.8 Å². The average Bonchev–Trinajstić information content (AvgIpc) is 2.46. The molecule has 0 saturated heterocycles. The number of halogens is 1. The van der Waals surface area contributed by atoms with Crippen LogP contribution in [0.3, 0.4) is 0 Å². The maximum Gasteiger partial charge on any atom is 0.229 e. The maximum atomic E-state index is 12.9. The zero-order valence-electron chi connectivity index (χ0n) is 13.2. The molecular weight excluding hydrogens is 317 g/mol. The molecule has 0 saturated carbocycles. The molecule has 23 heavy (non-hydrogen) atoms. The van der Waals surface area contributed by atoms with Crippen molar-refractivity contribution in [3.8, 4) is 0 Å². The van der Waals surface area contributed by atoms with Crippen LogP contribution in [-0.2, 0) is 10.0 Å².